The monoisotopic (exact) mass is 542 g/mol. The minimum Gasteiger partial charge on any atom is -0.497 e. The summed E-state index contributed by atoms with van der Waals surface area (Å²) >= 11 is 0. The first-order valence-corrected chi connectivity index (χ1v) is 10.6. The van der Waals surface area contributed by atoms with Gasteiger partial charge in [-0.05, 0) is 71.5 Å². The molecule has 7 nitrogen and oxygen atoms in total. The molecular formula is C23H39IN6O. The van der Waals surface area contributed by atoms with Crippen LogP contribution in [0.3, 0.4) is 0 Å². The smallest absolute Gasteiger partial charge is 0.191 e. The molecule has 0 fully saturated rings. The quantitative estimate of drug-likeness (QED) is 0.289. The maximum absolute atomic E-state index is 5.39. The average Bonchev–Trinajstić information content (AvgIpc) is 2.94. The van der Waals surface area contributed by atoms with Crippen LogP contribution in [0, 0.1) is 13.8 Å². The largest absolute Gasteiger partial charge is 0.497 e. The predicted molar refractivity (Wildman–Crippen MR) is 140 cm³/mol. The van der Waals surface area contributed by atoms with Crippen LogP contribution in [-0.4, -0.2) is 61.0 Å². The Kier molecular flexibility index (Phi) is 11.3. The normalized spacial score (nSPS) is 13.5. The Labute approximate surface area is 204 Å². The number of benzene rings is 1. The predicted octanol–water partition coefficient (Wildman–Crippen LogP) is 3.45. The number of rotatable bonds is 9. The lowest BCUT2D eigenvalue weighted by Gasteiger charge is -2.25. The van der Waals surface area contributed by atoms with Crippen molar-refractivity contribution >= 4 is 29.9 Å². The molecule has 1 aromatic carbocycles. The molecule has 2 N–H and O–H groups in total. The van der Waals surface area contributed by atoms with E-state index in [1.165, 1.54) is 16.8 Å². The first-order valence-electron chi connectivity index (χ1n) is 10.6. The van der Waals surface area contributed by atoms with E-state index in [1.807, 2.05) is 23.9 Å². The van der Waals surface area contributed by atoms with Gasteiger partial charge in [0.15, 0.2) is 5.96 Å². The molecule has 0 amide bonds. The summed E-state index contributed by atoms with van der Waals surface area (Å²) in [6.45, 7) is 9.93. The average molecular weight is 543 g/mol. The molecule has 2 aromatic rings. The molecule has 1 heterocycles. The van der Waals surface area contributed by atoms with E-state index < -0.39 is 0 Å². The fraction of sp³-hybridized carbons (Fsp3) is 0.565. The van der Waals surface area contributed by atoms with Gasteiger partial charge in [-0.15, -0.1) is 24.0 Å². The van der Waals surface area contributed by atoms with E-state index in [0.717, 1.165) is 30.4 Å². The number of aromatic nitrogens is 2. The third-order valence-corrected chi connectivity index (χ3v) is 5.42. The number of methoxy groups -OCH3 is 1. The van der Waals surface area contributed by atoms with Crippen molar-refractivity contribution in [1.82, 2.24) is 25.3 Å². The van der Waals surface area contributed by atoms with Crippen molar-refractivity contribution in [2.75, 3.05) is 34.3 Å². The molecule has 31 heavy (non-hydrogen) atoms. The molecule has 0 bridgehead atoms. The standard InChI is InChI=1S/C23H38N6O.HI/c1-9-24-23(26-16(2)13-21-17(3)27-29(7)18(21)4)25-15-22(28(5)6)19-11-10-12-20(14-19)30-8;/h10-12,14,16,22H,9,13,15H2,1-8H3,(H2,24,25,26);1H. The minimum atomic E-state index is 0. The number of hydrogen-bond acceptors (Lipinski definition) is 4. The molecule has 2 unspecified atom stereocenters. The molecule has 8 heteroatoms. The summed E-state index contributed by atoms with van der Waals surface area (Å²) in [4.78, 5) is 7.08. The zero-order chi connectivity index (χ0) is 22.3. The number of likely N-dealkylation sites (N-methyl/N-ethyl adjacent to an activating group) is 1. The van der Waals surface area contributed by atoms with E-state index in [0.29, 0.717) is 6.54 Å². The Hall–Kier alpha value is -1.81. The molecule has 174 valence electrons. The van der Waals surface area contributed by atoms with Crippen LogP contribution >= 0.6 is 24.0 Å². The number of ether oxygens (including phenoxy) is 1. The van der Waals surface area contributed by atoms with Crippen LogP contribution in [0.2, 0.25) is 0 Å². The summed E-state index contributed by atoms with van der Waals surface area (Å²) in [5, 5.41) is 11.5. The lowest BCUT2D eigenvalue weighted by atomic mass is 10.1. The van der Waals surface area contributed by atoms with Crippen LogP contribution in [0.5, 0.6) is 5.75 Å². The number of halogens is 1. The van der Waals surface area contributed by atoms with Gasteiger partial charge >= 0.3 is 0 Å². The zero-order valence-corrected chi connectivity index (χ0v) is 22.5. The Balaban J connectivity index is 0.00000480. The van der Waals surface area contributed by atoms with E-state index in [2.05, 4.69) is 74.6 Å². The van der Waals surface area contributed by atoms with Crippen molar-refractivity contribution in [3.05, 3.63) is 46.8 Å². The second-order valence-electron chi connectivity index (χ2n) is 8.00. The highest BCUT2D eigenvalue weighted by Gasteiger charge is 2.17. The number of aryl methyl sites for hydroxylation is 2. The third-order valence-electron chi connectivity index (χ3n) is 5.42. The molecule has 0 aliphatic carbocycles. The van der Waals surface area contributed by atoms with Crippen LogP contribution in [0.1, 0.15) is 42.4 Å². The number of hydrogen-bond donors (Lipinski definition) is 2. The van der Waals surface area contributed by atoms with Crippen molar-refractivity contribution in [2.45, 2.75) is 46.2 Å². The summed E-state index contributed by atoms with van der Waals surface area (Å²) in [5.74, 6) is 1.70. The second kappa shape index (κ2) is 12.9. The van der Waals surface area contributed by atoms with E-state index in [1.54, 1.807) is 7.11 Å². The van der Waals surface area contributed by atoms with Gasteiger partial charge in [-0.2, -0.15) is 5.10 Å². The van der Waals surface area contributed by atoms with Crippen molar-refractivity contribution in [1.29, 1.82) is 0 Å². The molecule has 2 atom stereocenters. The van der Waals surface area contributed by atoms with Crippen molar-refractivity contribution in [3.8, 4) is 5.75 Å². The van der Waals surface area contributed by atoms with Crippen LogP contribution in [0.25, 0.3) is 0 Å². The Bertz CT molecular complexity index is 849. The van der Waals surface area contributed by atoms with Gasteiger partial charge in [0, 0.05) is 25.3 Å². The van der Waals surface area contributed by atoms with Crippen LogP contribution in [0.4, 0.5) is 0 Å². The molecule has 0 aliphatic heterocycles. The fourth-order valence-electron chi connectivity index (χ4n) is 3.62. The third kappa shape index (κ3) is 7.68. The maximum Gasteiger partial charge on any atom is 0.191 e. The van der Waals surface area contributed by atoms with Gasteiger partial charge in [-0.3, -0.25) is 9.67 Å². The highest BCUT2D eigenvalue weighted by atomic mass is 127. The van der Waals surface area contributed by atoms with Crippen LogP contribution in [0.15, 0.2) is 29.3 Å². The van der Waals surface area contributed by atoms with Gasteiger partial charge in [-0.1, -0.05) is 12.1 Å². The van der Waals surface area contributed by atoms with E-state index in [-0.39, 0.29) is 36.1 Å². The molecule has 1 aromatic heterocycles. The molecule has 0 saturated heterocycles. The van der Waals surface area contributed by atoms with E-state index in [4.69, 9.17) is 9.73 Å². The summed E-state index contributed by atoms with van der Waals surface area (Å²) < 4.78 is 7.34. The van der Waals surface area contributed by atoms with Gasteiger partial charge in [0.1, 0.15) is 5.75 Å². The first-order chi connectivity index (χ1) is 14.3. The van der Waals surface area contributed by atoms with Gasteiger partial charge in [-0.25, -0.2) is 0 Å². The second-order valence-corrected chi connectivity index (χ2v) is 8.00. The molecule has 0 spiro atoms. The van der Waals surface area contributed by atoms with Gasteiger partial charge in [0.05, 0.1) is 25.4 Å². The minimum absolute atomic E-state index is 0. The summed E-state index contributed by atoms with van der Waals surface area (Å²) in [7, 11) is 7.85. The molecule has 2 rings (SSSR count). The Morgan fingerprint density at radius 1 is 1.29 bits per heavy atom. The zero-order valence-electron chi connectivity index (χ0n) is 20.2. The fourth-order valence-corrected chi connectivity index (χ4v) is 3.62. The lowest BCUT2D eigenvalue weighted by molar-refractivity contribution is 0.305. The first kappa shape index (κ1) is 27.2. The summed E-state index contributed by atoms with van der Waals surface area (Å²) in [6.07, 6.45) is 0.906. The molecule has 0 aliphatic rings. The highest BCUT2D eigenvalue weighted by Crippen LogP contribution is 2.23. The molecule has 0 saturated carbocycles. The maximum atomic E-state index is 5.39. The van der Waals surface area contributed by atoms with Crippen molar-refractivity contribution in [2.24, 2.45) is 12.0 Å². The van der Waals surface area contributed by atoms with Crippen molar-refractivity contribution < 1.29 is 4.74 Å². The van der Waals surface area contributed by atoms with Gasteiger partial charge in [0.25, 0.3) is 0 Å². The van der Waals surface area contributed by atoms with Gasteiger partial charge in [0.2, 0.25) is 0 Å². The highest BCUT2D eigenvalue weighted by molar-refractivity contribution is 14.0. The Morgan fingerprint density at radius 2 is 2.00 bits per heavy atom. The Morgan fingerprint density at radius 3 is 2.55 bits per heavy atom. The van der Waals surface area contributed by atoms with Crippen molar-refractivity contribution in [3.63, 3.8) is 0 Å². The molecular weight excluding hydrogens is 503 g/mol. The van der Waals surface area contributed by atoms with E-state index >= 15 is 0 Å². The topological polar surface area (TPSA) is 66.7 Å². The number of nitrogens with zero attached hydrogens (tertiary/aromatic N) is 4. The van der Waals surface area contributed by atoms with Crippen LogP contribution < -0.4 is 15.4 Å². The number of nitrogens with one attached hydrogen (secondary N) is 2. The van der Waals surface area contributed by atoms with Crippen LogP contribution in [-0.2, 0) is 13.5 Å². The lowest BCUT2D eigenvalue weighted by Crippen LogP contribution is -2.43. The summed E-state index contributed by atoms with van der Waals surface area (Å²) in [5.41, 5.74) is 4.80. The van der Waals surface area contributed by atoms with E-state index in [9.17, 15) is 0 Å². The van der Waals surface area contributed by atoms with Gasteiger partial charge < -0.3 is 20.3 Å². The molecule has 0 radical (unpaired) electrons. The number of guanidine groups is 1. The summed E-state index contributed by atoms with van der Waals surface area (Å²) in [6, 6.07) is 8.59. The number of aliphatic imine (C=N–C) groups is 1. The SMILES string of the molecule is CCNC(=NCC(c1cccc(OC)c1)N(C)C)NC(C)Cc1c(C)nn(C)c1C.I.